The molecule has 0 radical (unpaired) electrons. The van der Waals surface area contributed by atoms with Crippen molar-refractivity contribution >= 4 is 0 Å². The fraction of sp³-hybridized carbons (Fsp3) is 1.00. The summed E-state index contributed by atoms with van der Waals surface area (Å²) in [5, 5.41) is 199. The molecule has 0 aromatic heterocycles. The van der Waals surface area contributed by atoms with Gasteiger partial charge >= 0.3 is 0 Å². The van der Waals surface area contributed by atoms with Crippen molar-refractivity contribution in [3.05, 3.63) is 0 Å². The minimum Gasteiger partial charge on any atom is -0.394 e. The van der Waals surface area contributed by atoms with Crippen LogP contribution in [0, 0.1) is 0 Å². The van der Waals surface area contributed by atoms with Gasteiger partial charge in [-0.2, -0.15) is 0 Å². The van der Waals surface area contributed by atoms with Gasteiger partial charge in [-0.25, -0.2) is 0 Å². The Morgan fingerprint density at radius 3 is 0.941 bits per heavy atom. The van der Waals surface area contributed by atoms with E-state index >= 15 is 0 Å². The molecule has 398 valence electrons. The van der Waals surface area contributed by atoms with Gasteiger partial charge in [-0.3, -0.25) is 0 Å². The zero-order valence-electron chi connectivity index (χ0n) is 36.0. The molecule has 6 heterocycles. The third-order valence-corrected chi connectivity index (χ3v) is 12.6. The Bertz CT molecular complexity index is 1520. The second-order valence-electron chi connectivity index (χ2n) is 17.1. The van der Waals surface area contributed by atoms with Gasteiger partial charge in [-0.15, -0.1) is 0 Å². The number of hydrogen-bond acceptors (Lipinski definition) is 31. The van der Waals surface area contributed by atoms with Crippen LogP contribution in [0.3, 0.4) is 0 Å². The molecular weight excluding hydrogens is 940 g/mol. The normalized spacial score (nSPS) is 52.8. The highest BCUT2D eigenvalue weighted by atomic mass is 16.8. The van der Waals surface area contributed by atoms with E-state index in [1.807, 2.05) is 0 Å². The quantitative estimate of drug-likeness (QED) is 0.0643. The lowest BCUT2D eigenvalue weighted by atomic mass is 9.96. The summed E-state index contributed by atoms with van der Waals surface area (Å²) < 4.78 is 66.4. The summed E-state index contributed by atoms with van der Waals surface area (Å²) in [5.74, 6) is 0. The van der Waals surface area contributed by atoms with Gasteiger partial charge in [0.15, 0.2) is 37.7 Å². The van der Waals surface area contributed by atoms with Crippen LogP contribution in [0.1, 0.15) is 0 Å². The van der Waals surface area contributed by atoms with Gasteiger partial charge in [0.2, 0.25) is 0 Å². The van der Waals surface area contributed by atoms with E-state index < -0.39 is 224 Å². The first kappa shape index (κ1) is 56.1. The van der Waals surface area contributed by atoms with Crippen LogP contribution < -0.4 is 0 Å². The molecule has 0 saturated carbocycles. The summed E-state index contributed by atoms with van der Waals surface area (Å²) >= 11 is 0. The summed E-state index contributed by atoms with van der Waals surface area (Å²) in [7, 11) is 1.11. The number of rotatable bonds is 17. The molecule has 6 aliphatic rings. The Hall–Kier alpha value is -1.24. The maximum absolute atomic E-state index is 11.4. The van der Waals surface area contributed by atoms with Crippen LogP contribution in [0.5, 0.6) is 0 Å². The highest BCUT2D eigenvalue weighted by Crippen LogP contribution is 2.34. The van der Waals surface area contributed by atoms with Crippen molar-refractivity contribution in [3.8, 4) is 0 Å². The van der Waals surface area contributed by atoms with E-state index in [0.29, 0.717) is 0 Å². The molecule has 68 heavy (non-hydrogen) atoms. The molecule has 30 atom stereocenters. The van der Waals surface area contributed by atoms with Crippen LogP contribution in [-0.2, 0) is 56.8 Å². The molecule has 6 saturated heterocycles. The number of aliphatic hydroxyl groups excluding tert-OH is 19. The minimum absolute atomic E-state index is 0.738. The van der Waals surface area contributed by atoms with Crippen LogP contribution >= 0.6 is 0 Å². The van der Waals surface area contributed by atoms with Gasteiger partial charge in [0.05, 0.1) is 39.6 Å². The van der Waals surface area contributed by atoms with Crippen molar-refractivity contribution in [2.75, 3.05) is 46.8 Å². The average Bonchev–Trinajstić information content (AvgIpc) is 3.33. The predicted octanol–water partition coefficient (Wildman–Crippen LogP) is -13.4. The standard InChI is InChI=1S/C37H64O31/c1-57-37-31(68-36-28(55)22(49)16(43)10(4-40)63-36)24(51)18(45)12(66-37)6-58-33-26(53)23(50)17(44)11(64-33)5-60-34-29(56)30(67-35-27(54)21(48)15(42)9(3-39)62-35)19(46)13(65-34)7-59-32-25(52)20(47)14(41)8(2-38)61-32/h8-56H,2-7H2,1H3/t8-,9-,10-,11-,12-,13-,14-,15-,16-,17-,18-,19-,20+,21+,22+,23+,24+,25-,26-,27-,28-,29-,30+,31-,32-,33-,34-,35+,36+,37+/m1/s1. The Morgan fingerprint density at radius 2 is 0.559 bits per heavy atom. The Kier molecular flexibility index (Phi) is 19.9. The molecule has 0 aromatic rings. The van der Waals surface area contributed by atoms with Crippen LogP contribution in [0.25, 0.3) is 0 Å². The lowest BCUT2D eigenvalue weighted by Crippen LogP contribution is -2.66. The maximum Gasteiger partial charge on any atom is 0.187 e. The average molecular weight is 1000 g/mol. The van der Waals surface area contributed by atoms with Gasteiger partial charge in [-0.05, 0) is 0 Å². The molecule has 0 amide bonds. The van der Waals surface area contributed by atoms with Crippen molar-refractivity contribution in [2.45, 2.75) is 184 Å². The topological polar surface area (TPSA) is 495 Å². The zero-order valence-corrected chi connectivity index (χ0v) is 36.0. The molecule has 0 spiro atoms. The first-order chi connectivity index (χ1) is 32.2. The van der Waals surface area contributed by atoms with Crippen molar-refractivity contribution in [1.82, 2.24) is 0 Å². The third kappa shape index (κ3) is 11.7. The van der Waals surface area contributed by atoms with Crippen LogP contribution in [-0.4, -0.2) is 328 Å². The number of methoxy groups -OCH3 is 1. The van der Waals surface area contributed by atoms with Gasteiger partial charge in [0.1, 0.15) is 146 Å². The minimum atomic E-state index is -2.09. The van der Waals surface area contributed by atoms with E-state index in [2.05, 4.69) is 0 Å². The molecule has 6 rings (SSSR count). The SMILES string of the molecule is CO[C@H]1O[C@H](CO[C@@H]2O[C@H](CO[C@@H]3O[C@H](CO[C@@H]4O[C@H](CO)[C@@H](O)[C@H](O)[C@H]4O)[C@@H](O)[C@H](O[C@@H]4O[C@H](CO)[C@@H](O)[C@H](O)[C@H]4O)[C@H]3O)[C@@H](O)[C@H](O)[C@H]2O)[C@@H](O)[C@H](O)[C@H]1O[C@@H]1O[C@H](CO)[C@@H](O)[C@H](O)[C@H]1O. The summed E-state index contributed by atoms with van der Waals surface area (Å²) in [6, 6.07) is 0. The predicted molar refractivity (Wildman–Crippen MR) is 204 cm³/mol. The molecule has 19 N–H and O–H groups in total. The lowest BCUT2D eigenvalue weighted by molar-refractivity contribution is -0.374. The monoisotopic (exact) mass is 1000 g/mol. The fourth-order valence-corrected chi connectivity index (χ4v) is 8.35. The molecule has 31 heteroatoms. The van der Waals surface area contributed by atoms with E-state index in [1.54, 1.807) is 0 Å². The lowest BCUT2D eigenvalue weighted by Gasteiger charge is -2.47. The van der Waals surface area contributed by atoms with Crippen molar-refractivity contribution in [2.24, 2.45) is 0 Å². The second kappa shape index (κ2) is 24.2. The molecule has 0 aromatic carbocycles. The van der Waals surface area contributed by atoms with E-state index in [4.69, 9.17) is 56.8 Å². The molecule has 31 nitrogen and oxygen atoms in total. The molecule has 6 aliphatic heterocycles. The first-order valence-corrected chi connectivity index (χ1v) is 21.5. The van der Waals surface area contributed by atoms with Gasteiger partial charge in [-0.1, -0.05) is 0 Å². The Balaban J connectivity index is 1.11. The molecule has 0 unspecified atom stereocenters. The van der Waals surface area contributed by atoms with E-state index in [9.17, 15) is 97.0 Å². The molecule has 6 fully saturated rings. The van der Waals surface area contributed by atoms with Crippen LogP contribution in [0.4, 0.5) is 0 Å². The fourth-order valence-electron chi connectivity index (χ4n) is 8.35. The molecule has 0 bridgehead atoms. The van der Waals surface area contributed by atoms with Crippen LogP contribution in [0.2, 0.25) is 0 Å². The van der Waals surface area contributed by atoms with Crippen LogP contribution in [0.15, 0.2) is 0 Å². The Labute approximate surface area is 384 Å². The second-order valence-corrected chi connectivity index (χ2v) is 17.1. The smallest absolute Gasteiger partial charge is 0.187 e. The third-order valence-electron chi connectivity index (χ3n) is 12.6. The van der Waals surface area contributed by atoms with Gasteiger partial charge < -0.3 is 154 Å². The number of ether oxygens (including phenoxy) is 12. The Morgan fingerprint density at radius 1 is 0.279 bits per heavy atom. The van der Waals surface area contributed by atoms with E-state index in [0.717, 1.165) is 7.11 Å². The maximum atomic E-state index is 11.4. The summed E-state index contributed by atoms with van der Waals surface area (Å²) in [4.78, 5) is 0. The zero-order chi connectivity index (χ0) is 50.0. The van der Waals surface area contributed by atoms with E-state index in [-0.39, 0.29) is 0 Å². The van der Waals surface area contributed by atoms with Crippen molar-refractivity contribution in [3.63, 3.8) is 0 Å². The summed E-state index contributed by atoms with van der Waals surface area (Å²) in [6.45, 7) is -4.89. The number of aliphatic hydroxyl groups is 19. The highest BCUT2D eigenvalue weighted by Gasteiger charge is 2.55. The van der Waals surface area contributed by atoms with Gasteiger partial charge in [0.25, 0.3) is 0 Å². The van der Waals surface area contributed by atoms with Crippen molar-refractivity contribution < 1.29 is 154 Å². The molecular formula is C37H64O31. The summed E-state index contributed by atoms with van der Waals surface area (Å²) in [6.07, 6.45) is -54.3. The first-order valence-electron chi connectivity index (χ1n) is 21.5. The number of hydrogen-bond donors (Lipinski definition) is 19. The largest absolute Gasteiger partial charge is 0.394 e. The summed E-state index contributed by atoms with van der Waals surface area (Å²) in [5.41, 5.74) is 0. The molecule has 0 aliphatic carbocycles. The van der Waals surface area contributed by atoms with E-state index in [1.165, 1.54) is 0 Å². The highest BCUT2D eigenvalue weighted by molar-refractivity contribution is 4.98. The van der Waals surface area contributed by atoms with Crippen molar-refractivity contribution in [1.29, 1.82) is 0 Å². The van der Waals surface area contributed by atoms with Gasteiger partial charge in [0, 0.05) is 7.11 Å².